The van der Waals surface area contributed by atoms with Crippen LogP contribution in [0.5, 0.6) is 0 Å². The van der Waals surface area contributed by atoms with Crippen LogP contribution in [-0.2, 0) is 36.3 Å². The number of aromatic nitrogens is 4. The molecule has 3 aromatic heterocycles. The number of hydrogen-bond acceptors (Lipinski definition) is 3. The number of carbonyl (C=O) groups excluding carboxylic acids is 2. The average molecular weight is 441 g/mol. The Labute approximate surface area is 190 Å². The molecule has 8 nitrogen and oxygen atoms in total. The van der Waals surface area contributed by atoms with Crippen molar-refractivity contribution in [3.8, 4) is 0 Å². The van der Waals surface area contributed by atoms with Gasteiger partial charge in [0.2, 0.25) is 11.8 Å². The number of nitrogens with zero attached hydrogens (tertiary/aromatic N) is 4. The summed E-state index contributed by atoms with van der Waals surface area (Å²) in [7, 11) is 1.76. The summed E-state index contributed by atoms with van der Waals surface area (Å²) < 4.78 is 5.43. The van der Waals surface area contributed by atoms with Crippen LogP contribution >= 0.6 is 0 Å². The van der Waals surface area contributed by atoms with Crippen molar-refractivity contribution in [2.75, 3.05) is 5.32 Å². The molecule has 2 N–H and O–H groups in total. The van der Waals surface area contributed by atoms with Crippen LogP contribution in [0.1, 0.15) is 5.56 Å². The first-order valence-corrected chi connectivity index (χ1v) is 10.7. The molecule has 0 aliphatic rings. The van der Waals surface area contributed by atoms with Gasteiger partial charge in [0.1, 0.15) is 18.9 Å². The van der Waals surface area contributed by atoms with Crippen molar-refractivity contribution < 1.29 is 9.59 Å². The molecule has 0 bridgehead atoms. The summed E-state index contributed by atoms with van der Waals surface area (Å²) in [5.74, 6) is 0.297. The summed E-state index contributed by atoms with van der Waals surface area (Å²) in [5, 5.41) is 12.3. The third-order valence-corrected chi connectivity index (χ3v) is 5.74. The molecular formula is C25H24N6O2. The smallest absolute Gasteiger partial charge is 0.245 e. The summed E-state index contributed by atoms with van der Waals surface area (Å²) in [5.41, 5.74) is 2.76. The Kier molecular flexibility index (Phi) is 5.40. The summed E-state index contributed by atoms with van der Waals surface area (Å²) >= 11 is 0. The standard InChI is InChI=1S/C25H24N6O2/c1-29-25(28-24(33)17-31-13-11-19-7-3-5-9-22(19)31)20(15-27-29)14-26-23(32)16-30-12-10-18-6-2-4-8-21(18)30/h2-13,15H,14,16-17H2,1H3,(H,26,32)(H,28,33). The van der Waals surface area contributed by atoms with Gasteiger partial charge in [0, 0.05) is 42.6 Å². The molecule has 0 aliphatic carbocycles. The molecule has 33 heavy (non-hydrogen) atoms. The molecule has 0 fully saturated rings. The molecule has 5 aromatic rings. The Hall–Kier alpha value is -4.33. The Morgan fingerprint density at radius 2 is 1.39 bits per heavy atom. The highest BCUT2D eigenvalue weighted by Crippen LogP contribution is 2.18. The first-order chi connectivity index (χ1) is 16.1. The highest BCUT2D eigenvalue weighted by Gasteiger charge is 2.14. The van der Waals surface area contributed by atoms with Gasteiger partial charge < -0.3 is 19.8 Å². The minimum Gasteiger partial charge on any atom is -0.350 e. The maximum absolute atomic E-state index is 12.7. The van der Waals surface area contributed by atoms with Gasteiger partial charge in [-0.2, -0.15) is 5.10 Å². The topological polar surface area (TPSA) is 85.9 Å². The van der Waals surface area contributed by atoms with E-state index in [2.05, 4.69) is 15.7 Å². The molecule has 5 rings (SSSR count). The maximum Gasteiger partial charge on any atom is 0.245 e. The minimum atomic E-state index is -0.161. The second-order valence-corrected chi connectivity index (χ2v) is 7.97. The van der Waals surface area contributed by atoms with Gasteiger partial charge in [-0.3, -0.25) is 14.3 Å². The lowest BCUT2D eigenvalue weighted by Crippen LogP contribution is -2.27. The molecule has 0 radical (unpaired) electrons. The Balaban J connectivity index is 1.22. The van der Waals surface area contributed by atoms with Crippen molar-refractivity contribution in [2.24, 2.45) is 7.05 Å². The van der Waals surface area contributed by atoms with Crippen molar-refractivity contribution >= 4 is 39.4 Å². The monoisotopic (exact) mass is 440 g/mol. The number of anilines is 1. The van der Waals surface area contributed by atoms with Gasteiger partial charge in [-0.25, -0.2) is 0 Å². The van der Waals surface area contributed by atoms with E-state index in [9.17, 15) is 9.59 Å². The highest BCUT2D eigenvalue weighted by atomic mass is 16.2. The van der Waals surface area contributed by atoms with Crippen LogP contribution in [0.25, 0.3) is 21.8 Å². The summed E-state index contributed by atoms with van der Waals surface area (Å²) in [6, 6.07) is 19.9. The molecule has 0 aliphatic heterocycles. The highest BCUT2D eigenvalue weighted by molar-refractivity contribution is 5.92. The van der Waals surface area contributed by atoms with Gasteiger partial charge in [-0.1, -0.05) is 36.4 Å². The zero-order chi connectivity index (χ0) is 22.8. The number of hydrogen-bond donors (Lipinski definition) is 2. The van der Waals surface area contributed by atoms with Gasteiger partial charge in [-0.15, -0.1) is 0 Å². The predicted octanol–water partition coefficient (Wildman–Crippen LogP) is 3.28. The average Bonchev–Trinajstić information content (AvgIpc) is 3.51. The van der Waals surface area contributed by atoms with Crippen LogP contribution in [0.3, 0.4) is 0 Å². The van der Waals surface area contributed by atoms with Gasteiger partial charge >= 0.3 is 0 Å². The molecule has 2 amide bonds. The number of benzene rings is 2. The van der Waals surface area contributed by atoms with Gasteiger partial charge in [0.25, 0.3) is 0 Å². The summed E-state index contributed by atoms with van der Waals surface area (Å²) in [6.45, 7) is 0.676. The van der Waals surface area contributed by atoms with E-state index in [0.29, 0.717) is 5.82 Å². The molecule has 0 saturated carbocycles. The van der Waals surface area contributed by atoms with Crippen molar-refractivity contribution in [1.29, 1.82) is 0 Å². The van der Waals surface area contributed by atoms with Gasteiger partial charge in [0.05, 0.1) is 6.20 Å². The van der Waals surface area contributed by atoms with Crippen LogP contribution in [-0.4, -0.2) is 30.7 Å². The largest absolute Gasteiger partial charge is 0.350 e. The second kappa shape index (κ2) is 8.66. The SMILES string of the molecule is Cn1ncc(CNC(=O)Cn2ccc3ccccc32)c1NC(=O)Cn1ccc2ccccc21. The van der Waals surface area contributed by atoms with Crippen LogP contribution in [0, 0.1) is 0 Å². The fraction of sp³-hybridized carbons (Fsp3) is 0.160. The van der Waals surface area contributed by atoms with Crippen LogP contribution in [0.4, 0.5) is 5.82 Å². The number of aryl methyl sites for hydroxylation is 1. The zero-order valence-electron chi connectivity index (χ0n) is 18.2. The molecular weight excluding hydrogens is 416 g/mol. The molecule has 0 spiro atoms. The molecule has 0 atom stereocenters. The lowest BCUT2D eigenvalue weighted by molar-refractivity contribution is -0.121. The normalized spacial score (nSPS) is 11.2. The van der Waals surface area contributed by atoms with E-state index in [0.717, 1.165) is 27.4 Å². The zero-order valence-corrected chi connectivity index (χ0v) is 18.2. The molecule has 3 heterocycles. The first kappa shape index (κ1) is 20.6. The first-order valence-electron chi connectivity index (χ1n) is 10.7. The fourth-order valence-corrected chi connectivity index (χ4v) is 4.06. The van der Waals surface area contributed by atoms with E-state index in [1.807, 2.05) is 82.2 Å². The van der Waals surface area contributed by atoms with E-state index < -0.39 is 0 Å². The van der Waals surface area contributed by atoms with Crippen molar-refractivity contribution in [3.63, 3.8) is 0 Å². The molecule has 0 saturated heterocycles. The van der Waals surface area contributed by atoms with Crippen molar-refractivity contribution in [3.05, 3.63) is 84.8 Å². The van der Waals surface area contributed by atoms with E-state index in [4.69, 9.17) is 0 Å². The van der Waals surface area contributed by atoms with Crippen molar-refractivity contribution in [2.45, 2.75) is 19.6 Å². The van der Waals surface area contributed by atoms with E-state index in [1.54, 1.807) is 17.9 Å². The lowest BCUT2D eigenvalue weighted by Gasteiger charge is -2.11. The molecule has 0 unspecified atom stereocenters. The second-order valence-electron chi connectivity index (χ2n) is 7.97. The molecule has 2 aromatic carbocycles. The maximum atomic E-state index is 12.7. The number of nitrogens with one attached hydrogen (secondary N) is 2. The Bertz CT molecular complexity index is 1460. The van der Waals surface area contributed by atoms with Crippen LogP contribution in [0.2, 0.25) is 0 Å². The van der Waals surface area contributed by atoms with E-state index in [-0.39, 0.29) is 31.4 Å². The number of rotatable bonds is 7. The summed E-state index contributed by atoms with van der Waals surface area (Å²) in [6.07, 6.45) is 5.47. The third-order valence-electron chi connectivity index (χ3n) is 5.74. The number of carbonyl (C=O) groups is 2. The van der Waals surface area contributed by atoms with Gasteiger partial charge in [-0.05, 0) is 35.0 Å². The van der Waals surface area contributed by atoms with E-state index >= 15 is 0 Å². The third kappa shape index (κ3) is 4.23. The Morgan fingerprint density at radius 3 is 2.03 bits per heavy atom. The van der Waals surface area contributed by atoms with Gasteiger partial charge in [0.15, 0.2) is 0 Å². The van der Waals surface area contributed by atoms with Crippen LogP contribution in [0.15, 0.2) is 79.3 Å². The van der Waals surface area contributed by atoms with Crippen molar-refractivity contribution in [1.82, 2.24) is 24.2 Å². The lowest BCUT2D eigenvalue weighted by atomic mass is 10.2. The quantitative estimate of drug-likeness (QED) is 0.407. The number of para-hydroxylation sites is 2. The summed E-state index contributed by atoms with van der Waals surface area (Å²) in [4.78, 5) is 25.3. The minimum absolute atomic E-state index is 0.115. The molecule has 8 heteroatoms. The number of amides is 2. The molecule has 166 valence electrons. The fourth-order valence-electron chi connectivity index (χ4n) is 4.06. The van der Waals surface area contributed by atoms with Crippen LogP contribution < -0.4 is 10.6 Å². The Morgan fingerprint density at radius 1 is 0.818 bits per heavy atom. The predicted molar refractivity (Wildman–Crippen MR) is 128 cm³/mol. The van der Waals surface area contributed by atoms with E-state index in [1.165, 1.54) is 0 Å². The number of fused-ring (bicyclic) bond motifs is 2.